The Morgan fingerprint density at radius 2 is 1.94 bits per heavy atom. The number of halogens is 1. The van der Waals surface area contributed by atoms with E-state index in [2.05, 4.69) is 27.7 Å². The molecule has 1 aromatic rings. The lowest BCUT2D eigenvalue weighted by molar-refractivity contribution is 0.328. The fraction of sp³-hybridized carbons (Fsp3) is 0.500. The average molecular weight is 251 g/mol. The number of hydrogen-bond donors (Lipinski definition) is 2. The number of nitrogens with zero attached hydrogens (tertiary/aromatic N) is 1. The molecule has 0 bridgehead atoms. The lowest BCUT2D eigenvalue weighted by Crippen LogP contribution is -2.39. The molecule has 0 aliphatic heterocycles. The molecule has 0 amide bonds. The molecule has 3 nitrogen and oxygen atoms in total. The molecule has 0 spiro atoms. The Hall–Kier alpha value is -1.58. The van der Waals surface area contributed by atoms with Crippen LogP contribution in [0.1, 0.15) is 33.3 Å². The van der Waals surface area contributed by atoms with Crippen LogP contribution in [0, 0.1) is 16.6 Å². The zero-order valence-corrected chi connectivity index (χ0v) is 11.7. The molecule has 0 aliphatic carbocycles. The second-order valence-corrected chi connectivity index (χ2v) is 5.73. The van der Waals surface area contributed by atoms with Gasteiger partial charge in [0.2, 0.25) is 0 Å². The third-order valence-corrected chi connectivity index (χ3v) is 3.47. The molecule has 0 saturated carbocycles. The number of nitrogens with one attached hydrogen (secondary N) is 1. The zero-order chi connectivity index (χ0) is 14.1. The molecule has 4 heteroatoms. The molecule has 1 atom stereocenters. The molecular formula is C14H22FN3. The highest BCUT2D eigenvalue weighted by atomic mass is 19.1. The van der Waals surface area contributed by atoms with Crippen molar-refractivity contribution in [1.29, 1.82) is 5.41 Å². The van der Waals surface area contributed by atoms with Crippen LogP contribution in [0.2, 0.25) is 0 Å². The van der Waals surface area contributed by atoms with Gasteiger partial charge in [0, 0.05) is 18.7 Å². The van der Waals surface area contributed by atoms with Crippen LogP contribution in [0.5, 0.6) is 0 Å². The summed E-state index contributed by atoms with van der Waals surface area (Å²) in [6.45, 7) is 8.43. The van der Waals surface area contributed by atoms with Crippen LogP contribution in [0.4, 0.5) is 10.1 Å². The maximum Gasteiger partial charge on any atom is 0.147 e. The van der Waals surface area contributed by atoms with Gasteiger partial charge in [-0.2, -0.15) is 0 Å². The Morgan fingerprint density at radius 3 is 2.33 bits per heavy atom. The van der Waals surface area contributed by atoms with Crippen molar-refractivity contribution >= 4 is 11.5 Å². The van der Waals surface area contributed by atoms with Gasteiger partial charge in [0.25, 0.3) is 0 Å². The van der Waals surface area contributed by atoms with Crippen LogP contribution in [0.25, 0.3) is 0 Å². The summed E-state index contributed by atoms with van der Waals surface area (Å²) in [5.41, 5.74) is 6.34. The molecule has 1 aromatic carbocycles. The fourth-order valence-electron chi connectivity index (χ4n) is 1.75. The van der Waals surface area contributed by atoms with Gasteiger partial charge >= 0.3 is 0 Å². The van der Waals surface area contributed by atoms with Crippen LogP contribution in [0.3, 0.4) is 0 Å². The first-order valence-corrected chi connectivity index (χ1v) is 6.01. The Kier molecular flexibility index (Phi) is 3.99. The summed E-state index contributed by atoms with van der Waals surface area (Å²) in [5.74, 6) is -0.465. The molecule has 0 saturated heterocycles. The summed E-state index contributed by atoms with van der Waals surface area (Å²) in [5, 5.41) is 7.29. The van der Waals surface area contributed by atoms with E-state index in [4.69, 9.17) is 11.1 Å². The number of anilines is 1. The summed E-state index contributed by atoms with van der Waals surface area (Å²) >= 11 is 0. The molecule has 0 aromatic heterocycles. The van der Waals surface area contributed by atoms with E-state index in [1.165, 1.54) is 6.07 Å². The van der Waals surface area contributed by atoms with Crippen LogP contribution < -0.4 is 10.6 Å². The van der Waals surface area contributed by atoms with Crippen molar-refractivity contribution in [2.24, 2.45) is 11.1 Å². The molecule has 1 unspecified atom stereocenters. The Labute approximate surface area is 108 Å². The normalized spacial score (nSPS) is 13.2. The predicted octanol–water partition coefficient (Wildman–Crippen LogP) is 2.98. The van der Waals surface area contributed by atoms with E-state index in [0.717, 1.165) is 0 Å². The topological polar surface area (TPSA) is 53.1 Å². The van der Waals surface area contributed by atoms with Crippen molar-refractivity contribution in [3.8, 4) is 0 Å². The van der Waals surface area contributed by atoms with Crippen LogP contribution in [-0.2, 0) is 0 Å². The Bertz CT molecular complexity index is 449. The van der Waals surface area contributed by atoms with Gasteiger partial charge in [0.15, 0.2) is 0 Å². The number of amidine groups is 1. The Balaban J connectivity index is 3.08. The van der Waals surface area contributed by atoms with Gasteiger partial charge in [-0.3, -0.25) is 5.41 Å². The van der Waals surface area contributed by atoms with Crippen molar-refractivity contribution in [3.63, 3.8) is 0 Å². The highest BCUT2D eigenvalue weighted by Gasteiger charge is 2.25. The van der Waals surface area contributed by atoms with Gasteiger partial charge < -0.3 is 10.6 Å². The molecule has 0 aliphatic rings. The predicted molar refractivity (Wildman–Crippen MR) is 74.7 cm³/mol. The Morgan fingerprint density at radius 1 is 1.39 bits per heavy atom. The van der Waals surface area contributed by atoms with E-state index >= 15 is 0 Å². The molecule has 0 fully saturated rings. The highest BCUT2D eigenvalue weighted by molar-refractivity contribution is 5.95. The minimum atomic E-state index is -0.346. The van der Waals surface area contributed by atoms with E-state index in [9.17, 15) is 4.39 Å². The van der Waals surface area contributed by atoms with Gasteiger partial charge in [-0.05, 0) is 30.5 Å². The van der Waals surface area contributed by atoms with Gasteiger partial charge in [-0.25, -0.2) is 4.39 Å². The number of nitrogens with two attached hydrogens (primary N) is 1. The van der Waals surface area contributed by atoms with Gasteiger partial charge in [-0.1, -0.05) is 20.8 Å². The van der Waals surface area contributed by atoms with Crippen molar-refractivity contribution in [2.45, 2.75) is 33.7 Å². The second-order valence-electron chi connectivity index (χ2n) is 5.73. The summed E-state index contributed by atoms with van der Waals surface area (Å²) in [7, 11) is 1.88. The molecule has 18 heavy (non-hydrogen) atoms. The van der Waals surface area contributed by atoms with E-state index in [-0.39, 0.29) is 23.1 Å². The first-order chi connectivity index (χ1) is 8.14. The quantitative estimate of drug-likeness (QED) is 0.641. The first-order valence-electron chi connectivity index (χ1n) is 6.01. The summed E-state index contributed by atoms with van der Waals surface area (Å²) in [6.07, 6.45) is 0. The number of hydrogen-bond acceptors (Lipinski definition) is 2. The van der Waals surface area contributed by atoms with Gasteiger partial charge in [-0.15, -0.1) is 0 Å². The van der Waals surface area contributed by atoms with Crippen molar-refractivity contribution < 1.29 is 4.39 Å². The number of benzene rings is 1. The van der Waals surface area contributed by atoms with E-state index in [0.29, 0.717) is 11.3 Å². The first kappa shape index (κ1) is 14.5. The molecule has 0 heterocycles. The van der Waals surface area contributed by atoms with Crippen molar-refractivity contribution in [2.75, 3.05) is 11.9 Å². The van der Waals surface area contributed by atoms with Crippen LogP contribution >= 0.6 is 0 Å². The lowest BCUT2D eigenvalue weighted by atomic mass is 9.87. The van der Waals surface area contributed by atoms with E-state index < -0.39 is 0 Å². The van der Waals surface area contributed by atoms with Crippen LogP contribution in [0.15, 0.2) is 18.2 Å². The van der Waals surface area contributed by atoms with Crippen molar-refractivity contribution in [3.05, 3.63) is 29.6 Å². The summed E-state index contributed by atoms with van der Waals surface area (Å²) < 4.78 is 14.0. The molecule has 3 N–H and O–H groups in total. The minimum Gasteiger partial charge on any atom is -0.384 e. The van der Waals surface area contributed by atoms with Crippen LogP contribution in [-0.4, -0.2) is 18.9 Å². The number of nitrogen functional groups attached to an aromatic ring is 1. The highest BCUT2D eigenvalue weighted by Crippen LogP contribution is 2.29. The minimum absolute atomic E-state index is 0.0560. The van der Waals surface area contributed by atoms with E-state index in [1.54, 1.807) is 12.1 Å². The lowest BCUT2D eigenvalue weighted by Gasteiger charge is -2.37. The third-order valence-electron chi connectivity index (χ3n) is 3.47. The molecule has 100 valence electrons. The average Bonchev–Trinajstić information content (AvgIpc) is 2.25. The van der Waals surface area contributed by atoms with Gasteiger partial charge in [0.05, 0.1) is 5.69 Å². The standard InChI is InChI=1S/C14H22FN3/c1-9(14(2,3)4)18(5)12-7-6-10(13(16)17)8-11(12)15/h6-9H,1-5H3,(H3,16,17). The SMILES string of the molecule is CC(N(C)c1ccc(C(=N)N)cc1F)C(C)(C)C. The summed E-state index contributed by atoms with van der Waals surface area (Å²) in [6, 6.07) is 4.85. The monoisotopic (exact) mass is 251 g/mol. The number of rotatable bonds is 3. The second kappa shape index (κ2) is 4.96. The maximum atomic E-state index is 14.0. The third kappa shape index (κ3) is 3.00. The largest absolute Gasteiger partial charge is 0.384 e. The van der Waals surface area contributed by atoms with E-state index in [1.807, 2.05) is 11.9 Å². The van der Waals surface area contributed by atoms with Crippen molar-refractivity contribution in [1.82, 2.24) is 0 Å². The zero-order valence-electron chi connectivity index (χ0n) is 11.7. The maximum absolute atomic E-state index is 14.0. The fourth-order valence-corrected chi connectivity index (χ4v) is 1.75. The molecular weight excluding hydrogens is 229 g/mol. The molecule has 1 rings (SSSR count). The smallest absolute Gasteiger partial charge is 0.147 e. The van der Waals surface area contributed by atoms with Gasteiger partial charge in [0.1, 0.15) is 11.7 Å². The molecule has 0 radical (unpaired) electrons. The summed E-state index contributed by atoms with van der Waals surface area (Å²) in [4.78, 5) is 1.92.